The Bertz CT molecular complexity index is 628. The first kappa shape index (κ1) is 10.9. The number of hydrogen-bond acceptors (Lipinski definition) is 3. The van der Waals surface area contributed by atoms with Crippen molar-refractivity contribution in [3.05, 3.63) is 59.3 Å². The number of benzene rings is 1. The lowest BCUT2D eigenvalue weighted by atomic mass is 9.98. The van der Waals surface area contributed by atoms with Crippen molar-refractivity contribution in [3.8, 4) is 0 Å². The van der Waals surface area contributed by atoms with Crippen LogP contribution in [-0.4, -0.2) is 11.6 Å². The fourth-order valence-electron chi connectivity index (χ4n) is 2.27. The molecule has 1 unspecified atom stereocenters. The third kappa shape index (κ3) is 1.57. The van der Waals surface area contributed by atoms with E-state index in [1.807, 2.05) is 0 Å². The molecule has 0 saturated carbocycles. The number of Topliss-reactive ketones (excluding diaryl/α,β-unsaturated/α-hetero) is 2. The normalized spacial score (nSPS) is 17.8. The van der Waals surface area contributed by atoms with Crippen molar-refractivity contribution in [1.82, 2.24) is 0 Å². The molecule has 1 heterocycles. The van der Waals surface area contributed by atoms with Crippen LogP contribution < -0.4 is 0 Å². The Labute approximate surface area is 102 Å². The molecule has 0 saturated heterocycles. The monoisotopic (exact) mass is 244 g/mol. The Morgan fingerprint density at radius 1 is 1.33 bits per heavy atom. The summed E-state index contributed by atoms with van der Waals surface area (Å²) in [5.74, 6) is -1.62. The summed E-state index contributed by atoms with van der Waals surface area (Å²) in [6.07, 6.45) is 1.63. The van der Waals surface area contributed by atoms with Gasteiger partial charge in [-0.3, -0.25) is 9.59 Å². The van der Waals surface area contributed by atoms with Crippen LogP contribution in [0.5, 0.6) is 0 Å². The second-order valence-electron chi connectivity index (χ2n) is 4.26. The molecule has 1 aromatic heterocycles. The summed E-state index contributed by atoms with van der Waals surface area (Å²) in [4.78, 5) is 24.1. The maximum Gasteiger partial charge on any atom is 0.209 e. The van der Waals surface area contributed by atoms with Crippen molar-refractivity contribution >= 4 is 11.6 Å². The Kier molecular flexibility index (Phi) is 2.37. The molecule has 0 radical (unpaired) electrons. The van der Waals surface area contributed by atoms with E-state index in [1.165, 1.54) is 30.5 Å². The zero-order chi connectivity index (χ0) is 12.7. The van der Waals surface area contributed by atoms with E-state index in [1.54, 1.807) is 6.07 Å². The molecule has 2 aromatic rings. The minimum Gasteiger partial charge on any atom is -0.461 e. The second kappa shape index (κ2) is 3.91. The molecule has 0 spiro atoms. The first-order valence-corrected chi connectivity index (χ1v) is 5.57. The number of carbonyl (C=O) groups excluding carboxylic acids is 2. The van der Waals surface area contributed by atoms with E-state index in [9.17, 15) is 14.0 Å². The molecular formula is C14H9FO3. The van der Waals surface area contributed by atoms with Gasteiger partial charge in [-0.05, 0) is 42.3 Å². The topological polar surface area (TPSA) is 47.3 Å². The molecule has 0 bridgehead atoms. The SMILES string of the molecule is O=C(c1ccco1)C1Cc2cc(F)ccc2C1=O. The maximum atomic E-state index is 13.1. The Balaban J connectivity index is 1.95. The van der Waals surface area contributed by atoms with Crippen LogP contribution in [0, 0.1) is 11.7 Å². The van der Waals surface area contributed by atoms with E-state index in [-0.39, 0.29) is 23.7 Å². The highest BCUT2D eigenvalue weighted by Crippen LogP contribution is 2.29. The average molecular weight is 244 g/mol. The summed E-state index contributed by atoms with van der Waals surface area (Å²) < 4.78 is 18.1. The van der Waals surface area contributed by atoms with Gasteiger partial charge in [0.1, 0.15) is 5.82 Å². The van der Waals surface area contributed by atoms with Gasteiger partial charge in [-0.15, -0.1) is 0 Å². The quantitative estimate of drug-likeness (QED) is 0.602. The molecule has 0 N–H and O–H groups in total. The molecule has 0 amide bonds. The third-order valence-corrected chi connectivity index (χ3v) is 3.15. The van der Waals surface area contributed by atoms with Crippen molar-refractivity contribution in [2.24, 2.45) is 5.92 Å². The molecule has 1 aliphatic carbocycles. The van der Waals surface area contributed by atoms with Crippen LogP contribution >= 0.6 is 0 Å². The molecule has 0 aliphatic heterocycles. The van der Waals surface area contributed by atoms with Crippen LogP contribution in [0.2, 0.25) is 0 Å². The zero-order valence-electron chi connectivity index (χ0n) is 9.35. The average Bonchev–Trinajstić information content (AvgIpc) is 2.97. The second-order valence-corrected chi connectivity index (χ2v) is 4.26. The van der Waals surface area contributed by atoms with Crippen LogP contribution in [0.4, 0.5) is 4.39 Å². The summed E-state index contributed by atoms with van der Waals surface area (Å²) in [5.41, 5.74) is 1.02. The number of hydrogen-bond donors (Lipinski definition) is 0. The highest BCUT2D eigenvalue weighted by molar-refractivity contribution is 6.17. The summed E-state index contributed by atoms with van der Waals surface area (Å²) in [6.45, 7) is 0. The first-order valence-electron chi connectivity index (χ1n) is 5.57. The molecule has 1 aromatic carbocycles. The standard InChI is InChI=1S/C14H9FO3/c15-9-3-4-10-8(6-9)7-11(13(10)16)14(17)12-2-1-5-18-12/h1-6,11H,7H2. The molecule has 4 heteroatoms. The molecule has 18 heavy (non-hydrogen) atoms. The van der Waals surface area contributed by atoms with Crippen molar-refractivity contribution in [1.29, 1.82) is 0 Å². The van der Waals surface area contributed by atoms with Gasteiger partial charge in [-0.2, -0.15) is 0 Å². The zero-order valence-corrected chi connectivity index (χ0v) is 9.35. The fourth-order valence-corrected chi connectivity index (χ4v) is 2.27. The minimum atomic E-state index is -0.784. The van der Waals surface area contributed by atoms with E-state index < -0.39 is 11.7 Å². The van der Waals surface area contributed by atoms with Gasteiger partial charge in [0, 0.05) is 5.56 Å². The first-order chi connectivity index (χ1) is 8.66. The van der Waals surface area contributed by atoms with Crippen LogP contribution in [0.15, 0.2) is 41.0 Å². The van der Waals surface area contributed by atoms with Gasteiger partial charge >= 0.3 is 0 Å². The van der Waals surface area contributed by atoms with Crippen molar-refractivity contribution in [2.45, 2.75) is 6.42 Å². The van der Waals surface area contributed by atoms with E-state index >= 15 is 0 Å². The predicted molar refractivity (Wildman–Crippen MR) is 61.0 cm³/mol. The fraction of sp³-hybridized carbons (Fsp3) is 0.143. The van der Waals surface area contributed by atoms with Crippen LogP contribution in [0.1, 0.15) is 26.5 Å². The van der Waals surface area contributed by atoms with Gasteiger partial charge in [-0.25, -0.2) is 4.39 Å². The van der Waals surface area contributed by atoms with Crippen molar-refractivity contribution in [3.63, 3.8) is 0 Å². The van der Waals surface area contributed by atoms with E-state index in [2.05, 4.69) is 0 Å². The Morgan fingerprint density at radius 2 is 2.17 bits per heavy atom. The van der Waals surface area contributed by atoms with Crippen molar-refractivity contribution < 1.29 is 18.4 Å². The van der Waals surface area contributed by atoms with E-state index in [0.717, 1.165) is 0 Å². The maximum absolute atomic E-state index is 13.1. The summed E-state index contributed by atoms with van der Waals surface area (Å²) in [7, 11) is 0. The van der Waals surface area contributed by atoms with E-state index in [0.29, 0.717) is 11.1 Å². The molecule has 0 fully saturated rings. The number of ketones is 2. The minimum absolute atomic E-state index is 0.168. The lowest BCUT2D eigenvalue weighted by Crippen LogP contribution is -2.20. The molecule has 3 rings (SSSR count). The number of halogens is 1. The van der Waals surface area contributed by atoms with Crippen molar-refractivity contribution in [2.75, 3.05) is 0 Å². The van der Waals surface area contributed by atoms with Gasteiger partial charge in [0.05, 0.1) is 12.2 Å². The summed E-state index contributed by atoms with van der Waals surface area (Å²) >= 11 is 0. The van der Waals surface area contributed by atoms with Crippen LogP contribution in [0.25, 0.3) is 0 Å². The third-order valence-electron chi connectivity index (χ3n) is 3.15. The predicted octanol–water partition coefficient (Wildman–Crippen LogP) is 2.66. The van der Waals surface area contributed by atoms with Crippen LogP contribution in [0.3, 0.4) is 0 Å². The number of rotatable bonds is 2. The smallest absolute Gasteiger partial charge is 0.209 e. The van der Waals surface area contributed by atoms with Gasteiger partial charge in [-0.1, -0.05) is 0 Å². The summed E-state index contributed by atoms with van der Waals surface area (Å²) in [5, 5.41) is 0. The number of furan rings is 1. The Morgan fingerprint density at radius 3 is 2.89 bits per heavy atom. The van der Waals surface area contributed by atoms with Crippen LogP contribution in [-0.2, 0) is 6.42 Å². The lowest BCUT2D eigenvalue weighted by Gasteiger charge is -2.03. The number of carbonyl (C=O) groups is 2. The van der Waals surface area contributed by atoms with E-state index in [4.69, 9.17) is 4.42 Å². The summed E-state index contributed by atoms with van der Waals surface area (Å²) in [6, 6.07) is 7.10. The van der Waals surface area contributed by atoms with Gasteiger partial charge in [0.15, 0.2) is 11.5 Å². The van der Waals surface area contributed by atoms with Gasteiger partial charge < -0.3 is 4.42 Å². The molecule has 90 valence electrons. The molecule has 1 atom stereocenters. The molecular weight excluding hydrogens is 235 g/mol. The molecule has 1 aliphatic rings. The lowest BCUT2D eigenvalue weighted by molar-refractivity contribution is 0.0804. The number of fused-ring (bicyclic) bond motifs is 1. The molecule has 3 nitrogen and oxygen atoms in total. The highest BCUT2D eigenvalue weighted by Gasteiger charge is 2.37. The van der Waals surface area contributed by atoms with Gasteiger partial charge in [0.25, 0.3) is 0 Å². The van der Waals surface area contributed by atoms with Gasteiger partial charge in [0.2, 0.25) is 5.78 Å². The Hall–Kier alpha value is -2.23. The largest absolute Gasteiger partial charge is 0.461 e. The highest BCUT2D eigenvalue weighted by atomic mass is 19.1.